The number of hydrogen-bond acceptors (Lipinski definition) is 5. The molecule has 1 aromatic heterocycles. The number of hydrogen-bond donors (Lipinski definition) is 0. The van der Waals surface area contributed by atoms with E-state index in [1.807, 2.05) is 24.0 Å². The summed E-state index contributed by atoms with van der Waals surface area (Å²) in [6.45, 7) is 4.91. The largest absolute Gasteiger partial charge is 0.336 e. The minimum Gasteiger partial charge on any atom is -0.336 e. The molecule has 2 aliphatic heterocycles. The van der Waals surface area contributed by atoms with Gasteiger partial charge in [0.15, 0.2) is 0 Å². The maximum atomic E-state index is 12.5. The molecular weight excluding hydrogens is 314 g/mol. The molecule has 0 N–H and O–H groups in total. The standard InChI is InChI=1S/C16H23N3O3S/c1-13-2-3-14(12-17-13)16(20)19-8-6-18(7-9-19)15-4-10-23(21,22)11-5-15/h2-3,12,15H,4-11H2,1H3. The molecule has 0 aliphatic carbocycles. The molecule has 0 atom stereocenters. The summed E-state index contributed by atoms with van der Waals surface area (Å²) in [4.78, 5) is 20.9. The average molecular weight is 337 g/mol. The maximum absolute atomic E-state index is 12.5. The van der Waals surface area contributed by atoms with Crippen LogP contribution in [0.5, 0.6) is 0 Å². The van der Waals surface area contributed by atoms with Crippen molar-refractivity contribution in [2.45, 2.75) is 25.8 Å². The van der Waals surface area contributed by atoms with Gasteiger partial charge >= 0.3 is 0 Å². The van der Waals surface area contributed by atoms with E-state index in [1.54, 1.807) is 6.20 Å². The van der Waals surface area contributed by atoms with Gasteiger partial charge in [0, 0.05) is 44.1 Å². The van der Waals surface area contributed by atoms with E-state index in [9.17, 15) is 13.2 Å². The number of amides is 1. The van der Waals surface area contributed by atoms with Crippen molar-refractivity contribution in [2.24, 2.45) is 0 Å². The lowest BCUT2D eigenvalue weighted by Crippen LogP contribution is -2.53. The normalized spacial score (nSPS) is 22.9. The Hall–Kier alpha value is -1.47. The summed E-state index contributed by atoms with van der Waals surface area (Å²) in [6.07, 6.45) is 3.08. The summed E-state index contributed by atoms with van der Waals surface area (Å²) in [5.41, 5.74) is 1.53. The monoisotopic (exact) mass is 337 g/mol. The molecule has 23 heavy (non-hydrogen) atoms. The van der Waals surface area contributed by atoms with Gasteiger partial charge in [0.1, 0.15) is 9.84 Å². The minimum atomic E-state index is -2.82. The van der Waals surface area contributed by atoms with E-state index in [4.69, 9.17) is 0 Å². The van der Waals surface area contributed by atoms with Crippen LogP contribution in [0.2, 0.25) is 0 Å². The Morgan fingerprint density at radius 2 is 1.78 bits per heavy atom. The van der Waals surface area contributed by atoms with Crippen LogP contribution in [-0.4, -0.2) is 72.8 Å². The Morgan fingerprint density at radius 1 is 1.13 bits per heavy atom. The maximum Gasteiger partial charge on any atom is 0.255 e. The Morgan fingerprint density at radius 3 is 2.35 bits per heavy atom. The molecule has 0 bridgehead atoms. The van der Waals surface area contributed by atoms with Crippen molar-refractivity contribution in [1.29, 1.82) is 0 Å². The summed E-state index contributed by atoms with van der Waals surface area (Å²) in [5.74, 6) is 0.626. The number of pyridine rings is 1. The molecule has 2 fully saturated rings. The number of piperazine rings is 1. The van der Waals surface area contributed by atoms with Crippen LogP contribution in [0.15, 0.2) is 18.3 Å². The third-order valence-corrected chi connectivity index (χ3v) is 6.52. The fourth-order valence-electron chi connectivity index (χ4n) is 3.31. The Bertz CT molecular complexity index is 650. The first-order valence-corrected chi connectivity index (χ1v) is 9.93. The summed E-state index contributed by atoms with van der Waals surface area (Å²) >= 11 is 0. The topological polar surface area (TPSA) is 70.6 Å². The van der Waals surface area contributed by atoms with Crippen LogP contribution in [-0.2, 0) is 9.84 Å². The summed E-state index contributed by atoms with van der Waals surface area (Å²) in [7, 11) is -2.82. The van der Waals surface area contributed by atoms with Crippen molar-refractivity contribution >= 4 is 15.7 Å². The molecule has 7 heteroatoms. The second-order valence-electron chi connectivity index (χ2n) is 6.40. The first-order valence-electron chi connectivity index (χ1n) is 8.11. The van der Waals surface area contributed by atoms with Crippen molar-refractivity contribution in [3.05, 3.63) is 29.6 Å². The molecule has 2 aliphatic rings. The molecule has 2 saturated heterocycles. The summed E-state index contributed by atoms with van der Waals surface area (Å²) < 4.78 is 23.0. The van der Waals surface area contributed by atoms with Crippen molar-refractivity contribution in [3.8, 4) is 0 Å². The molecule has 0 saturated carbocycles. The molecule has 3 rings (SSSR count). The van der Waals surface area contributed by atoms with Crippen LogP contribution in [0.3, 0.4) is 0 Å². The number of carbonyl (C=O) groups excluding carboxylic acids is 1. The van der Waals surface area contributed by atoms with Crippen LogP contribution < -0.4 is 0 Å². The van der Waals surface area contributed by atoms with Crippen LogP contribution in [0.25, 0.3) is 0 Å². The van der Waals surface area contributed by atoms with E-state index in [0.29, 0.717) is 36.2 Å². The number of carbonyl (C=O) groups is 1. The van der Waals surface area contributed by atoms with Gasteiger partial charge in [0.25, 0.3) is 5.91 Å². The average Bonchev–Trinajstić information content (AvgIpc) is 2.55. The SMILES string of the molecule is Cc1ccc(C(=O)N2CCN(C3CCS(=O)(=O)CC3)CC2)cn1. The lowest BCUT2D eigenvalue weighted by Gasteiger charge is -2.40. The van der Waals surface area contributed by atoms with E-state index in [1.165, 1.54) is 0 Å². The van der Waals surface area contributed by atoms with E-state index in [0.717, 1.165) is 31.6 Å². The van der Waals surface area contributed by atoms with Gasteiger partial charge in [-0.2, -0.15) is 0 Å². The lowest BCUT2D eigenvalue weighted by atomic mass is 10.1. The van der Waals surface area contributed by atoms with Gasteiger partial charge in [0.05, 0.1) is 17.1 Å². The first-order chi connectivity index (χ1) is 10.9. The van der Waals surface area contributed by atoms with Gasteiger partial charge in [-0.25, -0.2) is 8.42 Å². The molecule has 126 valence electrons. The zero-order valence-electron chi connectivity index (χ0n) is 13.4. The molecule has 0 spiro atoms. The zero-order chi connectivity index (χ0) is 16.4. The summed E-state index contributed by atoms with van der Waals surface area (Å²) in [5, 5.41) is 0. The van der Waals surface area contributed by atoms with E-state index >= 15 is 0 Å². The van der Waals surface area contributed by atoms with Crippen LogP contribution in [0.4, 0.5) is 0 Å². The molecule has 3 heterocycles. The highest BCUT2D eigenvalue weighted by Crippen LogP contribution is 2.20. The highest BCUT2D eigenvalue weighted by molar-refractivity contribution is 7.91. The minimum absolute atomic E-state index is 0.0309. The molecular formula is C16H23N3O3S. The van der Waals surface area contributed by atoms with Gasteiger partial charge in [0.2, 0.25) is 0 Å². The summed E-state index contributed by atoms with van der Waals surface area (Å²) in [6, 6.07) is 4.02. The second kappa shape index (κ2) is 6.57. The number of aromatic nitrogens is 1. The first kappa shape index (κ1) is 16.4. The van der Waals surface area contributed by atoms with Crippen LogP contribution in [0.1, 0.15) is 28.9 Å². The molecule has 0 unspecified atom stereocenters. The fraction of sp³-hybridized carbons (Fsp3) is 0.625. The zero-order valence-corrected chi connectivity index (χ0v) is 14.3. The van der Waals surface area contributed by atoms with Gasteiger partial charge < -0.3 is 4.90 Å². The number of nitrogens with zero attached hydrogens (tertiary/aromatic N) is 3. The highest BCUT2D eigenvalue weighted by atomic mass is 32.2. The number of rotatable bonds is 2. The molecule has 0 aromatic carbocycles. The van der Waals surface area contributed by atoms with Crippen LogP contribution >= 0.6 is 0 Å². The van der Waals surface area contributed by atoms with Gasteiger partial charge in [-0.15, -0.1) is 0 Å². The van der Waals surface area contributed by atoms with E-state index in [2.05, 4.69) is 9.88 Å². The van der Waals surface area contributed by atoms with Gasteiger partial charge in [-0.1, -0.05) is 0 Å². The third kappa shape index (κ3) is 3.90. The van der Waals surface area contributed by atoms with Gasteiger partial charge in [-0.3, -0.25) is 14.7 Å². The highest BCUT2D eigenvalue weighted by Gasteiger charge is 2.31. The van der Waals surface area contributed by atoms with Crippen LogP contribution in [0, 0.1) is 6.92 Å². The van der Waals surface area contributed by atoms with Crippen molar-refractivity contribution < 1.29 is 13.2 Å². The smallest absolute Gasteiger partial charge is 0.255 e. The van der Waals surface area contributed by atoms with Crippen molar-refractivity contribution in [3.63, 3.8) is 0 Å². The predicted molar refractivity (Wildman–Crippen MR) is 88.1 cm³/mol. The van der Waals surface area contributed by atoms with Gasteiger partial charge in [-0.05, 0) is 31.9 Å². The molecule has 0 radical (unpaired) electrons. The number of aryl methyl sites for hydroxylation is 1. The fourth-order valence-corrected chi connectivity index (χ4v) is 4.78. The second-order valence-corrected chi connectivity index (χ2v) is 8.70. The van der Waals surface area contributed by atoms with Crippen molar-refractivity contribution in [1.82, 2.24) is 14.8 Å². The molecule has 1 aromatic rings. The lowest BCUT2D eigenvalue weighted by molar-refractivity contribution is 0.0557. The quantitative estimate of drug-likeness (QED) is 0.795. The van der Waals surface area contributed by atoms with Crippen molar-refractivity contribution in [2.75, 3.05) is 37.7 Å². The molecule has 6 nitrogen and oxygen atoms in total. The predicted octanol–water partition coefficient (Wildman–Crippen LogP) is 0.725. The molecule has 1 amide bonds. The Kier molecular flexibility index (Phi) is 4.68. The Balaban J connectivity index is 1.54. The third-order valence-electron chi connectivity index (χ3n) is 4.80. The van der Waals surface area contributed by atoms with E-state index in [-0.39, 0.29) is 5.91 Å². The van der Waals surface area contributed by atoms with E-state index < -0.39 is 9.84 Å². The Labute approximate surface area is 137 Å². The number of sulfone groups is 1.